The van der Waals surface area contributed by atoms with E-state index in [0.717, 1.165) is 54.5 Å². The van der Waals surface area contributed by atoms with Crippen LogP contribution in [0.15, 0.2) is 52.9 Å². The molecule has 4 aromatic heterocycles. The average molecular weight is 489 g/mol. The van der Waals surface area contributed by atoms with E-state index < -0.39 is 0 Å². The maximum atomic E-state index is 6.72. The first-order chi connectivity index (χ1) is 16.5. The fourth-order valence-corrected chi connectivity index (χ4v) is 6.40. The van der Waals surface area contributed by atoms with Gasteiger partial charge in [0.05, 0.1) is 9.92 Å². The van der Waals surface area contributed by atoms with Crippen LogP contribution in [0.1, 0.15) is 30.1 Å². The zero-order valence-corrected chi connectivity index (χ0v) is 19.9. The van der Waals surface area contributed by atoms with E-state index in [2.05, 4.69) is 25.9 Å². The summed E-state index contributed by atoms with van der Waals surface area (Å²) in [6, 6.07) is 4.13. The summed E-state index contributed by atoms with van der Waals surface area (Å²) >= 11 is 7.76. The number of pyridine rings is 2. The van der Waals surface area contributed by atoms with E-state index in [1.807, 2.05) is 29.1 Å². The zero-order chi connectivity index (χ0) is 23.4. The van der Waals surface area contributed by atoms with Gasteiger partial charge in [-0.25, -0.2) is 15.0 Å². The minimum atomic E-state index is 0.0290. The van der Waals surface area contributed by atoms with Gasteiger partial charge in [-0.2, -0.15) is 0 Å². The minimum Gasteiger partial charge on any atom is -0.382 e. The first-order valence-corrected chi connectivity index (χ1v) is 12.3. The Morgan fingerprint density at radius 2 is 1.94 bits per heavy atom. The van der Waals surface area contributed by atoms with Gasteiger partial charge < -0.3 is 16.4 Å². The lowest BCUT2D eigenvalue weighted by Gasteiger charge is -2.42. The van der Waals surface area contributed by atoms with Crippen LogP contribution in [0, 0.1) is 5.41 Å². The van der Waals surface area contributed by atoms with Crippen molar-refractivity contribution in [2.45, 2.75) is 35.1 Å². The molecule has 0 saturated carbocycles. The van der Waals surface area contributed by atoms with Crippen LogP contribution in [0.3, 0.4) is 0 Å². The van der Waals surface area contributed by atoms with Gasteiger partial charge in [0.2, 0.25) is 5.95 Å². The first-order valence-electron chi connectivity index (χ1n) is 11.1. The van der Waals surface area contributed by atoms with Crippen LogP contribution in [0.4, 0.5) is 11.8 Å². The number of aromatic nitrogens is 5. The van der Waals surface area contributed by atoms with E-state index in [9.17, 15) is 0 Å². The number of piperidine rings is 1. The van der Waals surface area contributed by atoms with Crippen molar-refractivity contribution in [3.8, 4) is 0 Å². The smallest absolute Gasteiger partial charge is 0.211 e. The third kappa shape index (κ3) is 3.35. The number of rotatable bonds is 3. The number of anilines is 2. The molecule has 2 aliphatic rings. The number of hydrogen-bond acceptors (Lipinski definition) is 8. The molecule has 34 heavy (non-hydrogen) atoms. The summed E-state index contributed by atoms with van der Waals surface area (Å²) in [5, 5.41) is 0.337. The Labute approximate surface area is 207 Å². The Morgan fingerprint density at radius 3 is 2.74 bits per heavy atom. The molecule has 1 spiro atoms. The van der Waals surface area contributed by atoms with E-state index >= 15 is 0 Å². The van der Waals surface area contributed by atoms with Gasteiger partial charge in [-0.15, -0.1) is 0 Å². The molecule has 2 radical (unpaired) electrons. The highest BCUT2D eigenvalue weighted by atomic mass is 35.5. The summed E-state index contributed by atoms with van der Waals surface area (Å²) in [6.45, 7) is 1.74. The molecule has 0 aromatic carbocycles. The largest absolute Gasteiger partial charge is 0.382 e. The van der Waals surface area contributed by atoms with Crippen LogP contribution < -0.4 is 21.8 Å². The highest BCUT2D eigenvalue weighted by molar-refractivity contribution is 7.99. The highest BCUT2D eigenvalue weighted by Gasteiger charge is 2.46. The van der Waals surface area contributed by atoms with E-state index in [4.69, 9.17) is 35.9 Å². The topological polar surface area (TPSA) is 111 Å². The molecule has 8 nitrogen and oxygen atoms in total. The summed E-state index contributed by atoms with van der Waals surface area (Å²) in [7, 11) is 6.11. The lowest BCUT2D eigenvalue weighted by molar-refractivity contribution is 0.186. The quantitative estimate of drug-likeness (QED) is 0.423. The van der Waals surface area contributed by atoms with Crippen molar-refractivity contribution in [2.24, 2.45) is 11.1 Å². The van der Waals surface area contributed by atoms with E-state index in [1.54, 1.807) is 6.20 Å². The number of imidazole rings is 1. The summed E-state index contributed by atoms with van der Waals surface area (Å²) in [6.07, 6.45) is 11.8. The molecule has 170 valence electrons. The van der Waals surface area contributed by atoms with Gasteiger partial charge in [0.1, 0.15) is 13.7 Å². The number of nitrogen functional groups attached to an aromatic ring is 1. The maximum absolute atomic E-state index is 6.72. The van der Waals surface area contributed by atoms with Crippen LogP contribution in [-0.4, -0.2) is 45.3 Å². The number of halogens is 1. The zero-order valence-electron chi connectivity index (χ0n) is 18.4. The Hall–Kier alpha value is -2.82. The molecule has 4 N–H and O–H groups in total. The van der Waals surface area contributed by atoms with Crippen LogP contribution in [0.2, 0.25) is 5.02 Å². The van der Waals surface area contributed by atoms with Crippen molar-refractivity contribution in [3.05, 3.63) is 59.4 Å². The van der Waals surface area contributed by atoms with Crippen LogP contribution in [0.25, 0.3) is 5.65 Å². The standard InChI is InChI=1S/C23H22BClN8S/c24-14-11-30-20(27)17(25)18(14)34-16-12-31-22(33-9-6-29-21(16)33)32-7-3-23(4-8-32)10-15-13(19(23)26)2-1-5-28-15/h1-2,5-6,9,11-12,19H,3-4,7-8,10,26H2,(H2,27,30). The van der Waals surface area contributed by atoms with Gasteiger partial charge >= 0.3 is 0 Å². The summed E-state index contributed by atoms with van der Waals surface area (Å²) < 4.78 is 2.01. The fourth-order valence-electron chi connectivity index (χ4n) is 5.19. The molecule has 4 aromatic rings. The Kier molecular flexibility index (Phi) is 5.20. The number of nitrogens with two attached hydrogens (primary N) is 2. The van der Waals surface area contributed by atoms with E-state index in [1.165, 1.54) is 23.5 Å². The van der Waals surface area contributed by atoms with Crippen LogP contribution >= 0.6 is 23.4 Å². The Balaban J connectivity index is 1.27. The predicted molar refractivity (Wildman–Crippen MR) is 135 cm³/mol. The summed E-state index contributed by atoms with van der Waals surface area (Å²) in [4.78, 5) is 21.8. The SMILES string of the molecule is [B]c1cnc(N)c(Cl)c1Sc1cnc(N2CCC3(CC2)Cc2ncccc2C3N)n2ccnc12. The van der Waals surface area contributed by atoms with Gasteiger partial charge in [0.25, 0.3) is 0 Å². The monoisotopic (exact) mass is 488 g/mol. The Morgan fingerprint density at radius 1 is 1.12 bits per heavy atom. The second-order valence-electron chi connectivity index (χ2n) is 8.93. The fraction of sp³-hybridized carbons (Fsp3) is 0.304. The van der Waals surface area contributed by atoms with Crippen molar-refractivity contribution >= 4 is 54.1 Å². The van der Waals surface area contributed by atoms with Crippen molar-refractivity contribution in [1.29, 1.82) is 0 Å². The molecule has 0 amide bonds. The third-order valence-corrected chi connectivity index (χ3v) is 8.74. The van der Waals surface area contributed by atoms with E-state index in [0.29, 0.717) is 15.4 Å². The van der Waals surface area contributed by atoms with Gasteiger partial charge in [-0.3, -0.25) is 9.38 Å². The van der Waals surface area contributed by atoms with Gasteiger partial charge in [-0.05, 0) is 36.3 Å². The lowest BCUT2D eigenvalue weighted by Crippen LogP contribution is -2.45. The second kappa shape index (κ2) is 8.14. The van der Waals surface area contributed by atoms with Crippen molar-refractivity contribution < 1.29 is 0 Å². The maximum Gasteiger partial charge on any atom is 0.211 e. The number of hydrogen-bond donors (Lipinski definition) is 2. The molecule has 1 fully saturated rings. The first kappa shape index (κ1) is 21.7. The Bertz CT molecular complexity index is 1400. The van der Waals surface area contributed by atoms with Gasteiger partial charge in [0.15, 0.2) is 5.65 Å². The van der Waals surface area contributed by atoms with Gasteiger partial charge in [0, 0.05) is 60.7 Å². The van der Waals surface area contributed by atoms with Crippen LogP contribution in [-0.2, 0) is 6.42 Å². The lowest BCUT2D eigenvalue weighted by atomic mass is 9.73. The van der Waals surface area contributed by atoms with Crippen molar-refractivity contribution in [3.63, 3.8) is 0 Å². The molecule has 0 bridgehead atoms. The minimum absolute atomic E-state index is 0.0290. The highest BCUT2D eigenvalue weighted by Crippen LogP contribution is 2.50. The number of nitrogens with zero attached hydrogens (tertiary/aromatic N) is 6. The normalized spacial score (nSPS) is 19.1. The molecule has 1 atom stereocenters. The summed E-state index contributed by atoms with van der Waals surface area (Å²) in [5.41, 5.74) is 16.2. The van der Waals surface area contributed by atoms with E-state index in [-0.39, 0.29) is 17.3 Å². The molecule has 11 heteroatoms. The van der Waals surface area contributed by atoms with Crippen molar-refractivity contribution in [1.82, 2.24) is 24.3 Å². The molecule has 1 aliphatic carbocycles. The molecular formula is C23H22BClN8S. The third-order valence-electron chi connectivity index (χ3n) is 7.10. The molecule has 6 rings (SSSR count). The molecule has 1 saturated heterocycles. The average Bonchev–Trinajstić information content (AvgIpc) is 3.44. The van der Waals surface area contributed by atoms with Crippen LogP contribution in [0.5, 0.6) is 0 Å². The predicted octanol–water partition coefficient (Wildman–Crippen LogP) is 2.54. The number of fused-ring (bicyclic) bond motifs is 2. The molecule has 5 heterocycles. The summed E-state index contributed by atoms with van der Waals surface area (Å²) in [5.74, 6) is 1.11. The molecular weight excluding hydrogens is 467 g/mol. The second-order valence-corrected chi connectivity index (χ2v) is 10.4. The molecule has 1 aliphatic heterocycles. The van der Waals surface area contributed by atoms with Crippen molar-refractivity contribution in [2.75, 3.05) is 23.7 Å². The van der Waals surface area contributed by atoms with Gasteiger partial charge in [-0.1, -0.05) is 34.9 Å². The molecule has 1 unspecified atom stereocenters.